The standard InChI is InChI=1S/C26H46O/c1-4-7-9-11-12-13-15-17-20-25-24(21-18-22-26(25)27)23(6-3)19-16-14-10-8-5-2/h18,21-23,27H,4-17,19-20H2,1-3H3. The fourth-order valence-corrected chi connectivity index (χ4v) is 4.26. The van der Waals surface area contributed by atoms with Crippen LogP contribution in [0, 0.1) is 0 Å². The van der Waals surface area contributed by atoms with E-state index in [1.807, 2.05) is 12.1 Å². The van der Waals surface area contributed by atoms with Crippen molar-refractivity contribution in [1.82, 2.24) is 0 Å². The van der Waals surface area contributed by atoms with Crippen molar-refractivity contribution in [2.75, 3.05) is 0 Å². The Hall–Kier alpha value is -0.980. The van der Waals surface area contributed by atoms with Gasteiger partial charge >= 0.3 is 0 Å². The normalized spacial score (nSPS) is 12.4. The highest BCUT2D eigenvalue weighted by molar-refractivity contribution is 5.41. The Morgan fingerprint density at radius 2 is 1.26 bits per heavy atom. The van der Waals surface area contributed by atoms with E-state index < -0.39 is 0 Å². The summed E-state index contributed by atoms with van der Waals surface area (Å²) >= 11 is 0. The maximum atomic E-state index is 10.5. The van der Waals surface area contributed by atoms with Crippen LogP contribution in [0.1, 0.15) is 134 Å². The van der Waals surface area contributed by atoms with Gasteiger partial charge in [-0.05, 0) is 48.8 Å². The van der Waals surface area contributed by atoms with Crippen molar-refractivity contribution in [3.05, 3.63) is 29.3 Å². The second-order valence-corrected chi connectivity index (χ2v) is 8.38. The van der Waals surface area contributed by atoms with Gasteiger partial charge in [0.1, 0.15) is 5.75 Å². The van der Waals surface area contributed by atoms with Gasteiger partial charge in [0.15, 0.2) is 0 Å². The van der Waals surface area contributed by atoms with Crippen LogP contribution >= 0.6 is 0 Å². The molecule has 0 amide bonds. The summed E-state index contributed by atoms with van der Waals surface area (Å²) in [6.07, 6.45) is 21.0. The summed E-state index contributed by atoms with van der Waals surface area (Å²) in [6, 6.07) is 6.21. The summed E-state index contributed by atoms with van der Waals surface area (Å²) in [5.41, 5.74) is 2.67. The maximum absolute atomic E-state index is 10.5. The van der Waals surface area contributed by atoms with E-state index >= 15 is 0 Å². The number of aromatic hydroxyl groups is 1. The zero-order valence-electron chi connectivity index (χ0n) is 18.6. The minimum Gasteiger partial charge on any atom is -0.508 e. The van der Waals surface area contributed by atoms with Crippen molar-refractivity contribution in [2.45, 2.75) is 129 Å². The van der Waals surface area contributed by atoms with E-state index in [1.165, 1.54) is 107 Å². The van der Waals surface area contributed by atoms with Crippen LogP contribution in [0.4, 0.5) is 0 Å². The number of rotatable bonds is 17. The molecule has 0 aromatic heterocycles. The van der Waals surface area contributed by atoms with Crippen molar-refractivity contribution in [2.24, 2.45) is 0 Å². The summed E-state index contributed by atoms with van der Waals surface area (Å²) in [5.74, 6) is 1.14. The molecule has 0 fully saturated rings. The van der Waals surface area contributed by atoms with Gasteiger partial charge in [-0.1, -0.05) is 110 Å². The number of unbranched alkanes of at least 4 members (excludes halogenated alkanes) is 11. The zero-order valence-corrected chi connectivity index (χ0v) is 18.6. The lowest BCUT2D eigenvalue weighted by Gasteiger charge is -2.20. The van der Waals surface area contributed by atoms with Crippen LogP contribution < -0.4 is 0 Å². The molecule has 1 aromatic rings. The highest BCUT2D eigenvalue weighted by atomic mass is 16.3. The van der Waals surface area contributed by atoms with Crippen LogP contribution in [0.5, 0.6) is 5.75 Å². The van der Waals surface area contributed by atoms with Gasteiger partial charge in [0.2, 0.25) is 0 Å². The minimum atomic E-state index is 0.528. The molecule has 1 heteroatoms. The van der Waals surface area contributed by atoms with Crippen molar-refractivity contribution < 1.29 is 5.11 Å². The Bertz CT molecular complexity index is 465. The third kappa shape index (κ3) is 10.2. The number of benzene rings is 1. The van der Waals surface area contributed by atoms with Gasteiger partial charge in [-0.25, -0.2) is 0 Å². The predicted octanol–water partition coefficient (Wildman–Crippen LogP) is 8.93. The molecule has 1 aromatic carbocycles. The molecule has 0 spiro atoms. The molecule has 1 rings (SSSR count). The third-order valence-corrected chi connectivity index (χ3v) is 6.06. The quantitative estimate of drug-likeness (QED) is 0.270. The van der Waals surface area contributed by atoms with Crippen LogP contribution in [0.15, 0.2) is 18.2 Å². The average molecular weight is 375 g/mol. The summed E-state index contributed by atoms with van der Waals surface area (Å²) in [7, 11) is 0. The number of hydrogen-bond acceptors (Lipinski definition) is 1. The Kier molecular flexibility index (Phi) is 14.3. The monoisotopic (exact) mass is 374 g/mol. The Morgan fingerprint density at radius 3 is 1.85 bits per heavy atom. The Morgan fingerprint density at radius 1 is 0.704 bits per heavy atom. The van der Waals surface area contributed by atoms with Gasteiger partial charge in [-0.3, -0.25) is 0 Å². The molecule has 0 aliphatic rings. The fraction of sp³-hybridized carbons (Fsp3) is 0.769. The smallest absolute Gasteiger partial charge is 0.119 e. The lowest BCUT2D eigenvalue weighted by atomic mass is 9.85. The molecule has 0 radical (unpaired) electrons. The summed E-state index contributed by atoms with van der Waals surface area (Å²) in [5, 5.41) is 10.5. The lowest BCUT2D eigenvalue weighted by Crippen LogP contribution is -2.03. The van der Waals surface area contributed by atoms with Gasteiger partial charge < -0.3 is 5.11 Å². The molecular weight excluding hydrogens is 328 g/mol. The van der Waals surface area contributed by atoms with E-state index in [0.717, 1.165) is 6.42 Å². The molecular formula is C26H46O. The van der Waals surface area contributed by atoms with Crippen LogP contribution in [-0.2, 0) is 6.42 Å². The van der Waals surface area contributed by atoms with Crippen LogP contribution in [0.3, 0.4) is 0 Å². The first-order valence-electron chi connectivity index (χ1n) is 12.0. The van der Waals surface area contributed by atoms with Gasteiger partial charge in [0.05, 0.1) is 0 Å². The highest BCUT2D eigenvalue weighted by Crippen LogP contribution is 2.34. The molecule has 0 saturated carbocycles. The van der Waals surface area contributed by atoms with Crippen molar-refractivity contribution in [3.8, 4) is 5.75 Å². The number of phenols is 1. The summed E-state index contributed by atoms with van der Waals surface area (Å²) in [4.78, 5) is 0. The second-order valence-electron chi connectivity index (χ2n) is 8.38. The van der Waals surface area contributed by atoms with E-state index in [0.29, 0.717) is 11.7 Å². The van der Waals surface area contributed by atoms with Gasteiger partial charge in [0.25, 0.3) is 0 Å². The number of phenolic OH excluding ortho intramolecular Hbond substituents is 1. The first-order chi connectivity index (χ1) is 13.2. The first-order valence-corrected chi connectivity index (χ1v) is 12.0. The molecule has 1 unspecified atom stereocenters. The van der Waals surface area contributed by atoms with Gasteiger partial charge in [0, 0.05) is 0 Å². The molecule has 0 aliphatic carbocycles. The Balaban J connectivity index is 2.46. The molecule has 1 nitrogen and oxygen atoms in total. The largest absolute Gasteiger partial charge is 0.508 e. The molecule has 0 heterocycles. The second kappa shape index (κ2) is 16.0. The van der Waals surface area contributed by atoms with Crippen LogP contribution in [-0.4, -0.2) is 5.11 Å². The number of hydrogen-bond donors (Lipinski definition) is 1. The zero-order chi connectivity index (χ0) is 19.7. The third-order valence-electron chi connectivity index (χ3n) is 6.06. The Labute approximate surface area is 170 Å². The van der Waals surface area contributed by atoms with E-state index in [9.17, 15) is 5.11 Å². The first kappa shape index (κ1) is 24.1. The van der Waals surface area contributed by atoms with E-state index in [4.69, 9.17) is 0 Å². The molecule has 1 atom stereocenters. The van der Waals surface area contributed by atoms with Crippen molar-refractivity contribution in [1.29, 1.82) is 0 Å². The average Bonchev–Trinajstić information content (AvgIpc) is 2.68. The van der Waals surface area contributed by atoms with E-state index in [-0.39, 0.29) is 0 Å². The van der Waals surface area contributed by atoms with Crippen molar-refractivity contribution >= 4 is 0 Å². The fourth-order valence-electron chi connectivity index (χ4n) is 4.26. The molecule has 156 valence electrons. The summed E-state index contributed by atoms with van der Waals surface area (Å²) in [6.45, 7) is 6.86. The van der Waals surface area contributed by atoms with Crippen LogP contribution in [0.25, 0.3) is 0 Å². The van der Waals surface area contributed by atoms with E-state index in [2.05, 4.69) is 26.8 Å². The SMILES string of the molecule is CCCCCCCCCCc1c(O)cccc1C(CC)CCCCCCC. The van der Waals surface area contributed by atoms with Crippen molar-refractivity contribution in [3.63, 3.8) is 0 Å². The highest BCUT2D eigenvalue weighted by Gasteiger charge is 2.16. The molecule has 1 N–H and O–H groups in total. The topological polar surface area (TPSA) is 20.2 Å². The molecule has 0 aliphatic heterocycles. The molecule has 0 bridgehead atoms. The minimum absolute atomic E-state index is 0.528. The lowest BCUT2D eigenvalue weighted by molar-refractivity contribution is 0.460. The van der Waals surface area contributed by atoms with Gasteiger partial charge in [-0.2, -0.15) is 0 Å². The van der Waals surface area contributed by atoms with Gasteiger partial charge in [-0.15, -0.1) is 0 Å². The molecule has 0 saturated heterocycles. The van der Waals surface area contributed by atoms with E-state index in [1.54, 1.807) is 0 Å². The summed E-state index contributed by atoms with van der Waals surface area (Å²) < 4.78 is 0. The predicted molar refractivity (Wildman–Crippen MR) is 121 cm³/mol. The molecule has 27 heavy (non-hydrogen) atoms. The van der Waals surface area contributed by atoms with Crippen LogP contribution in [0.2, 0.25) is 0 Å². The maximum Gasteiger partial charge on any atom is 0.119 e.